The fourth-order valence-corrected chi connectivity index (χ4v) is 2.11. The van der Waals surface area contributed by atoms with Gasteiger partial charge in [0.2, 0.25) is 0 Å². The van der Waals surface area contributed by atoms with Gasteiger partial charge in [0.15, 0.2) is 0 Å². The van der Waals surface area contributed by atoms with Gasteiger partial charge in [0.1, 0.15) is 0 Å². The highest BCUT2D eigenvalue weighted by molar-refractivity contribution is 5.97. The van der Waals surface area contributed by atoms with Gasteiger partial charge >= 0.3 is 5.97 Å². The second kappa shape index (κ2) is 6.33. The van der Waals surface area contributed by atoms with E-state index in [1.54, 1.807) is 12.1 Å². The number of aromatic carboxylic acids is 1. The molecule has 1 aliphatic rings. The quantitative estimate of drug-likeness (QED) is 0.870. The fraction of sp³-hybridized carbons (Fsp3) is 0.429. The molecule has 2 rings (SSSR count). The normalized spacial score (nSPS) is 19.5. The molecule has 0 bridgehead atoms. The predicted octanol–water partition coefficient (Wildman–Crippen LogP) is 1.68. The second-order valence-electron chi connectivity index (χ2n) is 4.60. The Hall–Kier alpha value is -1.88. The lowest BCUT2D eigenvalue weighted by Crippen LogP contribution is -2.35. The highest BCUT2D eigenvalue weighted by atomic mass is 16.5. The second-order valence-corrected chi connectivity index (χ2v) is 4.60. The molecule has 5 nitrogen and oxygen atoms in total. The molecule has 1 amide bonds. The van der Waals surface area contributed by atoms with Gasteiger partial charge in [-0.1, -0.05) is 6.07 Å². The van der Waals surface area contributed by atoms with Crippen molar-refractivity contribution in [3.8, 4) is 0 Å². The minimum absolute atomic E-state index is 0.100. The molecule has 5 heteroatoms. The van der Waals surface area contributed by atoms with E-state index in [1.165, 1.54) is 12.1 Å². The first kappa shape index (κ1) is 13.5. The molecule has 1 fully saturated rings. The molecule has 0 saturated carbocycles. The summed E-state index contributed by atoms with van der Waals surface area (Å²) in [5.74, 6) is -1.26. The Labute approximate surface area is 111 Å². The molecule has 1 unspecified atom stereocenters. The summed E-state index contributed by atoms with van der Waals surface area (Å²) < 4.78 is 5.33. The largest absolute Gasteiger partial charge is 0.478 e. The minimum Gasteiger partial charge on any atom is -0.478 e. The van der Waals surface area contributed by atoms with E-state index in [1.807, 2.05) is 0 Å². The SMILES string of the molecule is O=C(O)c1cccc(C(=O)NC2CCCOCC2)c1. The van der Waals surface area contributed by atoms with Crippen LogP contribution in [-0.4, -0.2) is 36.2 Å². The van der Waals surface area contributed by atoms with Crippen molar-refractivity contribution >= 4 is 11.9 Å². The van der Waals surface area contributed by atoms with Crippen LogP contribution in [0.5, 0.6) is 0 Å². The number of ether oxygens (including phenoxy) is 1. The van der Waals surface area contributed by atoms with Crippen LogP contribution in [0.25, 0.3) is 0 Å². The Morgan fingerprint density at radius 3 is 2.79 bits per heavy atom. The third-order valence-corrected chi connectivity index (χ3v) is 3.16. The number of hydrogen-bond acceptors (Lipinski definition) is 3. The lowest BCUT2D eigenvalue weighted by atomic mass is 10.1. The number of nitrogens with one attached hydrogen (secondary N) is 1. The molecular weight excluding hydrogens is 246 g/mol. The number of carboxylic acid groups (broad SMARTS) is 1. The van der Waals surface area contributed by atoms with E-state index in [0.717, 1.165) is 25.9 Å². The molecule has 1 atom stereocenters. The summed E-state index contributed by atoms with van der Waals surface area (Å²) in [7, 11) is 0. The first-order chi connectivity index (χ1) is 9.16. The van der Waals surface area contributed by atoms with Crippen LogP contribution in [0.4, 0.5) is 0 Å². The van der Waals surface area contributed by atoms with E-state index in [2.05, 4.69) is 5.32 Å². The lowest BCUT2D eigenvalue weighted by Gasteiger charge is -2.15. The summed E-state index contributed by atoms with van der Waals surface area (Å²) in [4.78, 5) is 22.9. The maximum absolute atomic E-state index is 12.1. The smallest absolute Gasteiger partial charge is 0.335 e. The van der Waals surface area contributed by atoms with Crippen LogP contribution in [0.1, 0.15) is 40.0 Å². The number of carboxylic acids is 1. The molecule has 102 valence electrons. The number of hydrogen-bond donors (Lipinski definition) is 2. The average molecular weight is 263 g/mol. The zero-order valence-corrected chi connectivity index (χ0v) is 10.6. The van der Waals surface area contributed by atoms with Gasteiger partial charge < -0.3 is 15.2 Å². The van der Waals surface area contributed by atoms with Crippen molar-refractivity contribution in [1.82, 2.24) is 5.32 Å². The molecular formula is C14H17NO4. The van der Waals surface area contributed by atoms with Crippen molar-refractivity contribution in [3.05, 3.63) is 35.4 Å². The Morgan fingerprint density at radius 2 is 2.00 bits per heavy atom. The molecule has 1 heterocycles. The van der Waals surface area contributed by atoms with E-state index in [4.69, 9.17) is 9.84 Å². The van der Waals surface area contributed by atoms with Crippen LogP contribution in [0.3, 0.4) is 0 Å². The Kier molecular flexibility index (Phi) is 4.52. The average Bonchev–Trinajstić information content (AvgIpc) is 2.67. The number of rotatable bonds is 3. The molecule has 0 radical (unpaired) electrons. The van der Waals surface area contributed by atoms with Crippen molar-refractivity contribution in [2.24, 2.45) is 0 Å². The van der Waals surface area contributed by atoms with Crippen molar-refractivity contribution in [2.75, 3.05) is 13.2 Å². The van der Waals surface area contributed by atoms with E-state index < -0.39 is 5.97 Å². The molecule has 1 aromatic rings. The van der Waals surface area contributed by atoms with Crippen molar-refractivity contribution in [3.63, 3.8) is 0 Å². The third-order valence-electron chi connectivity index (χ3n) is 3.16. The molecule has 0 spiro atoms. The third kappa shape index (κ3) is 3.79. The summed E-state index contributed by atoms with van der Waals surface area (Å²) in [5, 5.41) is 11.8. The Bertz CT molecular complexity index is 464. The molecule has 2 N–H and O–H groups in total. The molecule has 0 aromatic heterocycles. The van der Waals surface area contributed by atoms with Gasteiger partial charge in [0.05, 0.1) is 5.56 Å². The summed E-state index contributed by atoms with van der Waals surface area (Å²) in [5.41, 5.74) is 0.502. The molecule has 1 aromatic carbocycles. The van der Waals surface area contributed by atoms with Gasteiger partial charge in [-0.05, 0) is 37.5 Å². The number of carbonyl (C=O) groups excluding carboxylic acids is 1. The summed E-state index contributed by atoms with van der Waals surface area (Å²) >= 11 is 0. The zero-order valence-electron chi connectivity index (χ0n) is 10.6. The van der Waals surface area contributed by atoms with Crippen molar-refractivity contribution in [1.29, 1.82) is 0 Å². The standard InChI is InChI=1S/C14H17NO4/c16-13(15-12-5-2-7-19-8-6-12)10-3-1-4-11(9-10)14(17)18/h1,3-4,9,12H,2,5-8H2,(H,15,16)(H,17,18). The maximum Gasteiger partial charge on any atom is 0.335 e. The van der Waals surface area contributed by atoms with E-state index in [0.29, 0.717) is 12.2 Å². The van der Waals surface area contributed by atoms with Crippen molar-refractivity contribution < 1.29 is 19.4 Å². The number of benzene rings is 1. The van der Waals surface area contributed by atoms with Crippen LogP contribution >= 0.6 is 0 Å². The molecule has 0 aliphatic carbocycles. The minimum atomic E-state index is -1.03. The number of amides is 1. The molecule has 1 aliphatic heterocycles. The first-order valence-electron chi connectivity index (χ1n) is 6.39. The number of carbonyl (C=O) groups is 2. The van der Waals surface area contributed by atoms with Gasteiger partial charge in [-0.15, -0.1) is 0 Å². The molecule has 1 saturated heterocycles. The topological polar surface area (TPSA) is 75.6 Å². The van der Waals surface area contributed by atoms with E-state index in [-0.39, 0.29) is 17.5 Å². The highest BCUT2D eigenvalue weighted by Gasteiger charge is 2.16. The monoisotopic (exact) mass is 263 g/mol. The van der Waals surface area contributed by atoms with Gasteiger partial charge in [0.25, 0.3) is 5.91 Å². The van der Waals surface area contributed by atoms with Crippen LogP contribution in [-0.2, 0) is 4.74 Å². The first-order valence-corrected chi connectivity index (χ1v) is 6.39. The van der Waals surface area contributed by atoms with Gasteiger partial charge in [-0.3, -0.25) is 4.79 Å². The summed E-state index contributed by atoms with van der Waals surface area (Å²) in [6.45, 7) is 1.39. The summed E-state index contributed by atoms with van der Waals surface area (Å²) in [6.07, 6.45) is 2.62. The van der Waals surface area contributed by atoms with E-state index >= 15 is 0 Å². The van der Waals surface area contributed by atoms with Gasteiger partial charge in [0, 0.05) is 24.8 Å². The zero-order chi connectivity index (χ0) is 13.7. The maximum atomic E-state index is 12.1. The van der Waals surface area contributed by atoms with Crippen LogP contribution < -0.4 is 5.32 Å². The van der Waals surface area contributed by atoms with Crippen LogP contribution in [0.2, 0.25) is 0 Å². The lowest BCUT2D eigenvalue weighted by molar-refractivity contribution is 0.0697. The van der Waals surface area contributed by atoms with E-state index in [9.17, 15) is 9.59 Å². The highest BCUT2D eigenvalue weighted by Crippen LogP contribution is 2.10. The van der Waals surface area contributed by atoms with Crippen LogP contribution in [0.15, 0.2) is 24.3 Å². The van der Waals surface area contributed by atoms with Crippen LogP contribution in [0, 0.1) is 0 Å². The van der Waals surface area contributed by atoms with Crippen molar-refractivity contribution in [2.45, 2.75) is 25.3 Å². The molecule has 19 heavy (non-hydrogen) atoms. The van der Waals surface area contributed by atoms with Gasteiger partial charge in [-0.2, -0.15) is 0 Å². The van der Waals surface area contributed by atoms with Gasteiger partial charge in [-0.25, -0.2) is 4.79 Å². The Balaban J connectivity index is 2.02. The Morgan fingerprint density at radius 1 is 1.21 bits per heavy atom. The predicted molar refractivity (Wildman–Crippen MR) is 69.3 cm³/mol. The summed E-state index contributed by atoms with van der Waals surface area (Å²) in [6, 6.07) is 6.16. The fourth-order valence-electron chi connectivity index (χ4n) is 2.11.